The van der Waals surface area contributed by atoms with Gasteiger partial charge in [-0.2, -0.15) is 0 Å². The molecule has 1 N–H and O–H groups in total. The van der Waals surface area contributed by atoms with Gasteiger partial charge in [-0.1, -0.05) is 61.3 Å². The second-order valence-corrected chi connectivity index (χ2v) is 15.0. The molecule has 0 unspecified atom stereocenters. The molecule has 2 aromatic carbocycles. The average molecular weight is 639 g/mol. The van der Waals surface area contributed by atoms with Gasteiger partial charge in [-0.15, -0.1) is 0 Å². The zero-order valence-corrected chi connectivity index (χ0v) is 28.6. The number of aliphatic carboxylic acids is 1. The Labute approximate surface area is 272 Å². The van der Waals surface area contributed by atoms with E-state index in [1.165, 1.54) is 11.1 Å². The van der Waals surface area contributed by atoms with Gasteiger partial charge in [0.1, 0.15) is 0 Å². The number of fused-ring (bicyclic) bond motifs is 1. The zero-order valence-electron chi connectivity index (χ0n) is 27.1. The predicted molar refractivity (Wildman–Crippen MR) is 180 cm³/mol. The lowest BCUT2D eigenvalue weighted by Crippen LogP contribution is -2.39. The van der Waals surface area contributed by atoms with E-state index in [0.717, 1.165) is 80.1 Å². The molecule has 6 nitrogen and oxygen atoms in total. The second-order valence-electron chi connectivity index (χ2n) is 14.2. The molecule has 3 aromatic rings. The lowest BCUT2D eigenvalue weighted by atomic mass is 9.81. The summed E-state index contributed by atoms with van der Waals surface area (Å²) in [6, 6.07) is 12.6. The smallest absolute Gasteiger partial charge is 0.337 e. The number of ether oxygens (including phenoxy) is 1. The van der Waals surface area contributed by atoms with Crippen molar-refractivity contribution in [3.05, 3.63) is 80.1 Å². The van der Waals surface area contributed by atoms with Crippen molar-refractivity contribution in [2.24, 2.45) is 5.41 Å². The maximum Gasteiger partial charge on any atom is 0.337 e. The number of benzene rings is 2. The van der Waals surface area contributed by atoms with Crippen molar-refractivity contribution in [3.63, 3.8) is 0 Å². The van der Waals surface area contributed by atoms with Gasteiger partial charge >= 0.3 is 5.97 Å². The number of halogens is 2. The average Bonchev–Trinajstić information content (AvgIpc) is 2.93. The molecular weight excluding hydrogens is 593 g/mol. The molecule has 1 aromatic heterocycles. The lowest BCUT2D eigenvalue weighted by molar-refractivity contribution is -0.160. The van der Waals surface area contributed by atoms with Gasteiger partial charge in [-0.3, -0.25) is 9.88 Å². The van der Waals surface area contributed by atoms with Crippen LogP contribution in [0, 0.1) is 19.3 Å². The summed E-state index contributed by atoms with van der Waals surface area (Å²) in [6.45, 7) is 18.6. The molecule has 0 bridgehead atoms. The monoisotopic (exact) mass is 637 g/mol. The van der Waals surface area contributed by atoms with Gasteiger partial charge in [0.2, 0.25) is 0 Å². The first kappa shape index (κ1) is 32.7. The van der Waals surface area contributed by atoms with Crippen molar-refractivity contribution in [2.75, 3.05) is 24.5 Å². The van der Waals surface area contributed by atoms with E-state index in [9.17, 15) is 9.90 Å². The van der Waals surface area contributed by atoms with Crippen LogP contribution in [0.4, 0.5) is 5.69 Å². The highest BCUT2D eigenvalue weighted by atomic mass is 35.5. The molecule has 1 fully saturated rings. The highest BCUT2D eigenvalue weighted by molar-refractivity contribution is 6.42. The molecular formula is C36H45Cl2N3O3. The highest BCUT2D eigenvalue weighted by Crippen LogP contribution is 2.45. The molecule has 2 aliphatic heterocycles. The molecule has 0 aliphatic carbocycles. The molecule has 44 heavy (non-hydrogen) atoms. The minimum absolute atomic E-state index is 0.247. The third-order valence-electron chi connectivity index (χ3n) is 8.95. The Balaban J connectivity index is 1.56. The normalized spacial score (nSPS) is 17.8. The molecule has 5 rings (SSSR count). The van der Waals surface area contributed by atoms with Gasteiger partial charge in [0.25, 0.3) is 0 Å². The van der Waals surface area contributed by atoms with Crippen LogP contribution in [-0.2, 0) is 29.0 Å². The first-order valence-electron chi connectivity index (χ1n) is 15.6. The van der Waals surface area contributed by atoms with Crippen molar-refractivity contribution in [1.29, 1.82) is 0 Å². The number of hydrogen-bond acceptors (Lipinski definition) is 5. The number of aryl methyl sites for hydroxylation is 2. The first-order valence-corrected chi connectivity index (χ1v) is 16.3. The van der Waals surface area contributed by atoms with E-state index in [1.54, 1.807) is 0 Å². The Morgan fingerprint density at radius 1 is 1.00 bits per heavy atom. The Bertz CT molecular complexity index is 1550. The third kappa shape index (κ3) is 7.25. The number of anilines is 1. The van der Waals surface area contributed by atoms with Crippen molar-refractivity contribution >= 4 is 34.9 Å². The molecule has 1 saturated heterocycles. The Kier molecular flexibility index (Phi) is 9.40. The quantitative estimate of drug-likeness (QED) is 0.279. The summed E-state index contributed by atoms with van der Waals surface area (Å²) < 4.78 is 6.25. The summed E-state index contributed by atoms with van der Waals surface area (Å²) in [5.41, 5.74) is 8.70. The van der Waals surface area contributed by atoms with Crippen molar-refractivity contribution < 1.29 is 14.6 Å². The molecule has 0 radical (unpaired) electrons. The van der Waals surface area contributed by atoms with E-state index >= 15 is 0 Å². The number of piperidine rings is 1. The van der Waals surface area contributed by atoms with Crippen LogP contribution in [0.3, 0.4) is 0 Å². The van der Waals surface area contributed by atoms with Crippen molar-refractivity contribution in [2.45, 2.75) is 92.5 Å². The molecule has 3 heterocycles. The standard InChI is InChI=1S/C36H45Cl2N3O3/c1-22-30(26-9-10-27-21-40(15-12-25(27)19-26)20-24-8-11-28(37)29(38)18-24)32(41-16-13-36(6,7)14-17-41)31(23(2)39-22)33(34(42)43)44-35(3,4)5/h8-11,18-19,33H,12-17,20-21H2,1-7H3,(H,42,43)/t33-/m0/s1. The SMILES string of the molecule is Cc1nc(C)c([C@H](OC(C)(C)C)C(=O)O)c(N2CCC(C)(C)CC2)c1-c1ccc2c(c1)CCN(Cc1ccc(Cl)c(Cl)c1)C2. The van der Waals surface area contributed by atoms with Crippen molar-refractivity contribution in [1.82, 2.24) is 9.88 Å². The summed E-state index contributed by atoms with van der Waals surface area (Å²) in [5.74, 6) is -0.995. The first-order chi connectivity index (χ1) is 20.6. The number of rotatable bonds is 7. The van der Waals surface area contributed by atoms with Crippen LogP contribution >= 0.6 is 23.2 Å². The lowest BCUT2D eigenvalue weighted by Gasteiger charge is -2.41. The van der Waals surface area contributed by atoms with Crippen LogP contribution in [-0.4, -0.2) is 46.2 Å². The Hall–Kier alpha value is -2.64. The van der Waals surface area contributed by atoms with E-state index in [4.69, 9.17) is 32.9 Å². The summed E-state index contributed by atoms with van der Waals surface area (Å²) in [7, 11) is 0. The zero-order chi connectivity index (χ0) is 32.0. The number of hydrogen-bond donors (Lipinski definition) is 1. The van der Waals surface area contributed by atoms with E-state index in [0.29, 0.717) is 21.3 Å². The number of nitrogens with zero attached hydrogens (tertiary/aromatic N) is 3. The topological polar surface area (TPSA) is 65.9 Å². The van der Waals surface area contributed by atoms with E-state index in [2.05, 4.69) is 41.8 Å². The minimum Gasteiger partial charge on any atom is -0.479 e. The summed E-state index contributed by atoms with van der Waals surface area (Å²) in [5, 5.41) is 11.6. The van der Waals surface area contributed by atoms with Crippen molar-refractivity contribution in [3.8, 4) is 11.1 Å². The van der Waals surface area contributed by atoms with Gasteiger partial charge in [-0.05, 0) is 93.7 Å². The largest absolute Gasteiger partial charge is 0.479 e. The summed E-state index contributed by atoms with van der Waals surface area (Å²) in [6.07, 6.45) is 1.86. The van der Waals surface area contributed by atoms with Crippen LogP contribution in [0.1, 0.15) is 87.2 Å². The number of carboxylic acid groups (broad SMARTS) is 1. The molecule has 0 spiro atoms. The highest BCUT2D eigenvalue weighted by Gasteiger charge is 2.36. The third-order valence-corrected chi connectivity index (χ3v) is 9.69. The molecule has 8 heteroatoms. The van der Waals surface area contributed by atoms with Crippen LogP contribution in [0.25, 0.3) is 11.1 Å². The number of aromatic nitrogens is 1. The minimum atomic E-state index is -1.13. The fraction of sp³-hybridized carbons (Fsp3) is 0.500. The summed E-state index contributed by atoms with van der Waals surface area (Å²) in [4.78, 5) is 22.6. The van der Waals surface area contributed by atoms with Gasteiger partial charge in [0, 0.05) is 55.2 Å². The maximum atomic E-state index is 12.8. The number of pyridine rings is 1. The molecule has 236 valence electrons. The maximum absolute atomic E-state index is 12.8. The van der Waals surface area contributed by atoms with E-state index in [1.807, 2.05) is 52.8 Å². The molecule has 0 amide bonds. The van der Waals surface area contributed by atoms with Crippen LogP contribution in [0.2, 0.25) is 10.0 Å². The van der Waals surface area contributed by atoms with Gasteiger partial charge in [0.05, 0.1) is 21.3 Å². The Morgan fingerprint density at radius 3 is 2.34 bits per heavy atom. The molecule has 2 aliphatic rings. The number of carboxylic acids is 1. The van der Waals surface area contributed by atoms with Gasteiger partial charge in [0.15, 0.2) is 6.10 Å². The fourth-order valence-electron chi connectivity index (χ4n) is 6.55. The summed E-state index contributed by atoms with van der Waals surface area (Å²) >= 11 is 12.4. The predicted octanol–water partition coefficient (Wildman–Crippen LogP) is 8.80. The van der Waals surface area contributed by atoms with Crippen LogP contribution in [0.15, 0.2) is 36.4 Å². The fourth-order valence-corrected chi connectivity index (χ4v) is 6.87. The Morgan fingerprint density at radius 2 is 1.70 bits per heavy atom. The molecule has 1 atom stereocenters. The molecule has 0 saturated carbocycles. The van der Waals surface area contributed by atoms with E-state index in [-0.39, 0.29) is 5.41 Å². The second kappa shape index (κ2) is 12.6. The number of carbonyl (C=O) groups is 1. The van der Waals surface area contributed by atoms with Crippen LogP contribution < -0.4 is 4.90 Å². The van der Waals surface area contributed by atoms with Crippen LogP contribution in [0.5, 0.6) is 0 Å². The van der Waals surface area contributed by atoms with Gasteiger partial charge < -0.3 is 14.7 Å². The van der Waals surface area contributed by atoms with Gasteiger partial charge in [-0.25, -0.2) is 4.79 Å². The van der Waals surface area contributed by atoms with E-state index < -0.39 is 17.7 Å².